The van der Waals surface area contributed by atoms with E-state index in [2.05, 4.69) is 4.98 Å². The third-order valence-electron chi connectivity index (χ3n) is 3.09. The number of oxazole rings is 1. The first-order valence-corrected chi connectivity index (χ1v) is 7.25. The quantitative estimate of drug-likeness (QED) is 0.782. The molecule has 1 aromatic carbocycles. The highest BCUT2D eigenvalue weighted by molar-refractivity contribution is 6.30. The average Bonchev–Trinajstić information content (AvgIpc) is 2.94. The van der Waals surface area contributed by atoms with E-state index in [1.54, 1.807) is 18.3 Å². The SMILES string of the molecule is OCCCN(CCO)Cc1ncc(-c2ccc(Cl)cc2)o1. The summed E-state index contributed by atoms with van der Waals surface area (Å²) in [6, 6.07) is 7.37. The van der Waals surface area contributed by atoms with Gasteiger partial charge < -0.3 is 14.6 Å². The number of hydrogen-bond acceptors (Lipinski definition) is 5. The molecule has 1 heterocycles. The lowest BCUT2D eigenvalue weighted by Crippen LogP contribution is -2.28. The summed E-state index contributed by atoms with van der Waals surface area (Å²) in [5.41, 5.74) is 0.919. The maximum absolute atomic E-state index is 9.06. The molecule has 1 aromatic heterocycles. The van der Waals surface area contributed by atoms with Crippen molar-refractivity contribution < 1.29 is 14.6 Å². The third-order valence-corrected chi connectivity index (χ3v) is 3.34. The van der Waals surface area contributed by atoms with Gasteiger partial charge in [0.1, 0.15) is 0 Å². The van der Waals surface area contributed by atoms with Gasteiger partial charge in [0, 0.05) is 30.3 Å². The van der Waals surface area contributed by atoms with Crippen LogP contribution in [0.5, 0.6) is 0 Å². The van der Waals surface area contributed by atoms with Crippen LogP contribution >= 0.6 is 11.6 Å². The van der Waals surface area contributed by atoms with E-state index >= 15 is 0 Å². The molecule has 0 amide bonds. The van der Waals surface area contributed by atoms with E-state index in [0.717, 1.165) is 5.56 Å². The minimum absolute atomic E-state index is 0.0657. The maximum atomic E-state index is 9.06. The van der Waals surface area contributed by atoms with Crippen LogP contribution in [0.15, 0.2) is 34.9 Å². The molecular weight excluding hydrogens is 292 g/mol. The van der Waals surface area contributed by atoms with E-state index in [0.29, 0.717) is 42.7 Å². The van der Waals surface area contributed by atoms with Crippen molar-refractivity contribution in [2.75, 3.05) is 26.3 Å². The number of aliphatic hydroxyl groups excluding tert-OH is 2. The molecule has 5 nitrogen and oxygen atoms in total. The van der Waals surface area contributed by atoms with Gasteiger partial charge in [-0.1, -0.05) is 11.6 Å². The topological polar surface area (TPSA) is 69.7 Å². The number of hydrogen-bond donors (Lipinski definition) is 2. The summed E-state index contributed by atoms with van der Waals surface area (Å²) in [5.74, 6) is 1.28. The highest BCUT2D eigenvalue weighted by Gasteiger charge is 2.11. The fourth-order valence-corrected chi connectivity index (χ4v) is 2.15. The fraction of sp³-hybridized carbons (Fsp3) is 0.400. The predicted octanol–water partition coefficient (Wildman–Crippen LogP) is 2.17. The van der Waals surface area contributed by atoms with Crippen molar-refractivity contribution in [1.29, 1.82) is 0 Å². The Balaban J connectivity index is 2.02. The number of nitrogens with zero attached hydrogens (tertiary/aromatic N) is 2. The number of rotatable bonds is 8. The normalized spacial score (nSPS) is 11.2. The summed E-state index contributed by atoms with van der Waals surface area (Å²) >= 11 is 5.86. The molecule has 0 aliphatic rings. The van der Waals surface area contributed by atoms with Gasteiger partial charge in [-0.05, 0) is 30.7 Å². The lowest BCUT2D eigenvalue weighted by molar-refractivity contribution is 0.164. The Kier molecular flexibility index (Phi) is 6.20. The zero-order valence-electron chi connectivity index (χ0n) is 11.7. The molecule has 0 aliphatic heterocycles. The van der Waals surface area contributed by atoms with Crippen LogP contribution in [0.3, 0.4) is 0 Å². The van der Waals surface area contributed by atoms with Crippen LogP contribution in [-0.2, 0) is 6.54 Å². The van der Waals surface area contributed by atoms with E-state index in [4.69, 9.17) is 26.2 Å². The molecule has 0 saturated carbocycles. The first-order valence-electron chi connectivity index (χ1n) is 6.87. The van der Waals surface area contributed by atoms with Crippen LogP contribution in [0.4, 0.5) is 0 Å². The fourth-order valence-electron chi connectivity index (χ4n) is 2.03. The van der Waals surface area contributed by atoms with E-state index in [1.165, 1.54) is 0 Å². The largest absolute Gasteiger partial charge is 0.439 e. The zero-order chi connectivity index (χ0) is 15.1. The Morgan fingerprint density at radius 2 is 1.86 bits per heavy atom. The molecule has 0 spiro atoms. The smallest absolute Gasteiger partial charge is 0.209 e. The van der Waals surface area contributed by atoms with Gasteiger partial charge in [-0.2, -0.15) is 0 Å². The van der Waals surface area contributed by atoms with Crippen molar-refractivity contribution in [3.05, 3.63) is 41.4 Å². The molecule has 21 heavy (non-hydrogen) atoms. The van der Waals surface area contributed by atoms with Gasteiger partial charge in [-0.3, -0.25) is 4.90 Å². The Morgan fingerprint density at radius 1 is 1.10 bits per heavy atom. The van der Waals surface area contributed by atoms with Crippen molar-refractivity contribution in [3.63, 3.8) is 0 Å². The van der Waals surface area contributed by atoms with Crippen LogP contribution in [0.25, 0.3) is 11.3 Å². The van der Waals surface area contributed by atoms with Gasteiger partial charge in [-0.25, -0.2) is 4.98 Å². The molecule has 0 bridgehead atoms. The minimum atomic E-state index is 0.0657. The van der Waals surface area contributed by atoms with E-state index in [1.807, 2.05) is 17.0 Å². The molecule has 2 N–H and O–H groups in total. The Morgan fingerprint density at radius 3 is 2.52 bits per heavy atom. The minimum Gasteiger partial charge on any atom is -0.439 e. The molecule has 0 fully saturated rings. The molecule has 0 unspecified atom stereocenters. The molecule has 114 valence electrons. The van der Waals surface area contributed by atoms with Crippen molar-refractivity contribution in [1.82, 2.24) is 9.88 Å². The molecule has 0 aliphatic carbocycles. The van der Waals surface area contributed by atoms with Crippen LogP contribution in [0.1, 0.15) is 12.3 Å². The Labute approximate surface area is 128 Å². The monoisotopic (exact) mass is 310 g/mol. The third kappa shape index (κ3) is 4.82. The standard InChI is InChI=1S/C15H19ClN2O3/c16-13-4-2-12(3-5-13)14-10-17-15(21-14)11-18(7-9-20)6-1-8-19/h2-5,10,19-20H,1,6-9,11H2. The summed E-state index contributed by atoms with van der Waals surface area (Å²) in [4.78, 5) is 6.25. The van der Waals surface area contributed by atoms with Crippen molar-refractivity contribution in [2.45, 2.75) is 13.0 Å². The number of aromatic nitrogens is 1. The van der Waals surface area contributed by atoms with Crippen molar-refractivity contribution in [3.8, 4) is 11.3 Å². The van der Waals surface area contributed by atoms with Crippen molar-refractivity contribution in [2.24, 2.45) is 0 Å². The molecule has 0 atom stereocenters. The van der Waals surface area contributed by atoms with Crippen LogP contribution in [0.2, 0.25) is 5.02 Å². The van der Waals surface area contributed by atoms with Gasteiger partial charge in [0.25, 0.3) is 0 Å². The first kappa shape index (κ1) is 16.0. The van der Waals surface area contributed by atoms with Crippen LogP contribution in [-0.4, -0.2) is 46.4 Å². The highest BCUT2D eigenvalue weighted by atomic mass is 35.5. The highest BCUT2D eigenvalue weighted by Crippen LogP contribution is 2.22. The van der Waals surface area contributed by atoms with Gasteiger partial charge in [0.15, 0.2) is 5.76 Å². The summed E-state index contributed by atoms with van der Waals surface area (Å²) in [7, 11) is 0. The molecular formula is C15H19ClN2O3. The second kappa shape index (κ2) is 8.14. The average molecular weight is 311 g/mol. The summed E-state index contributed by atoms with van der Waals surface area (Å²) in [6.45, 7) is 1.92. The van der Waals surface area contributed by atoms with E-state index in [-0.39, 0.29) is 13.2 Å². The summed E-state index contributed by atoms with van der Waals surface area (Å²) in [5, 5.41) is 18.6. The molecule has 0 radical (unpaired) electrons. The number of benzene rings is 1. The molecule has 2 rings (SSSR count). The summed E-state index contributed by atoms with van der Waals surface area (Å²) in [6.07, 6.45) is 2.34. The number of halogens is 1. The summed E-state index contributed by atoms with van der Waals surface area (Å²) < 4.78 is 5.73. The predicted molar refractivity (Wildman–Crippen MR) is 81.0 cm³/mol. The number of aliphatic hydroxyl groups is 2. The molecule has 2 aromatic rings. The van der Waals surface area contributed by atoms with Gasteiger partial charge in [-0.15, -0.1) is 0 Å². The first-order chi connectivity index (χ1) is 10.2. The second-order valence-corrected chi connectivity index (χ2v) is 5.14. The molecule has 6 heteroatoms. The lowest BCUT2D eigenvalue weighted by atomic mass is 10.2. The van der Waals surface area contributed by atoms with Crippen LogP contribution in [0, 0.1) is 0 Å². The Bertz CT molecular complexity index is 542. The van der Waals surface area contributed by atoms with Gasteiger partial charge in [0.05, 0.1) is 19.3 Å². The van der Waals surface area contributed by atoms with Crippen molar-refractivity contribution >= 4 is 11.6 Å². The maximum Gasteiger partial charge on any atom is 0.209 e. The Hall–Kier alpha value is -1.40. The van der Waals surface area contributed by atoms with E-state index < -0.39 is 0 Å². The van der Waals surface area contributed by atoms with Gasteiger partial charge in [0.2, 0.25) is 5.89 Å². The molecule has 0 saturated heterocycles. The zero-order valence-corrected chi connectivity index (χ0v) is 12.5. The van der Waals surface area contributed by atoms with E-state index in [9.17, 15) is 0 Å². The lowest BCUT2D eigenvalue weighted by Gasteiger charge is -2.18. The van der Waals surface area contributed by atoms with Crippen LogP contribution < -0.4 is 0 Å². The second-order valence-electron chi connectivity index (χ2n) is 4.70. The van der Waals surface area contributed by atoms with Gasteiger partial charge >= 0.3 is 0 Å².